The summed E-state index contributed by atoms with van der Waals surface area (Å²) in [6.45, 7) is 9.39. The molecule has 2 heterocycles. The van der Waals surface area contributed by atoms with Crippen molar-refractivity contribution in [3.8, 4) is 0 Å². The van der Waals surface area contributed by atoms with E-state index in [-0.39, 0.29) is 0 Å². The van der Waals surface area contributed by atoms with Crippen LogP contribution in [0, 0.1) is 11.3 Å². The van der Waals surface area contributed by atoms with Gasteiger partial charge < -0.3 is 4.74 Å². The first-order valence-corrected chi connectivity index (χ1v) is 5.97. The normalized spacial score (nSPS) is 32.8. The second kappa shape index (κ2) is 2.73. The van der Waals surface area contributed by atoms with Crippen molar-refractivity contribution in [2.75, 3.05) is 26.3 Å². The lowest BCUT2D eigenvalue weighted by molar-refractivity contribution is -0.203. The van der Waals surface area contributed by atoms with Crippen LogP contribution in [0.15, 0.2) is 0 Å². The van der Waals surface area contributed by atoms with Crippen molar-refractivity contribution < 1.29 is 4.74 Å². The van der Waals surface area contributed by atoms with Crippen molar-refractivity contribution in [1.82, 2.24) is 4.90 Å². The molecular formula is C12H21NO. The van der Waals surface area contributed by atoms with Crippen molar-refractivity contribution in [1.29, 1.82) is 0 Å². The highest BCUT2D eigenvalue weighted by Crippen LogP contribution is 2.53. The summed E-state index contributed by atoms with van der Waals surface area (Å²) in [7, 11) is 0. The van der Waals surface area contributed by atoms with Gasteiger partial charge in [-0.2, -0.15) is 0 Å². The van der Waals surface area contributed by atoms with E-state index in [0.29, 0.717) is 11.0 Å². The van der Waals surface area contributed by atoms with Gasteiger partial charge in [-0.25, -0.2) is 0 Å². The Morgan fingerprint density at radius 2 is 1.86 bits per heavy atom. The summed E-state index contributed by atoms with van der Waals surface area (Å²) >= 11 is 0. The molecule has 14 heavy (non-hydrogen) atoms. The van der Waals surface area contributed by atoms with Crippen LogP contribution < -0.4 is 0 Å². The molecule has 2 nitrogen and oxygen atoms in total. The summed E-state index contributed by atoms with van der Waals surface area (Å²) in [5, 5.41) is 0. The van der Waals surface area contributed by atoms with Gasteiger partial charge in [-0.05, 0) is 25.2 Å². The fourth-order valence-corrected chi connectivity index (χ4v) is 3.23. The quantitative estimate of drug-likeness (QED) is 0.682. The summed E-state index contributed by atoms with van der Waals surface area (Å²) in [5.74, 6) is 0.853. The Morgan fingerprint density at radius 3 is 2.21 bits per heavy atom. The average molecular weight is 195 g/mol. The van der Waals surface area contributed by atoms with Crippen LogP contribution in [0.2, 0.25) is 0 Å². The van der Waals surface area contributed by atoms with Crippen molar-refractivity contribution in [2.45, 2.75) is 38.6 Å². The van der Waals surface area contributed by atoms with E-state index in [1.54, 1.807) is 0 Å². The first-order chi connectivity index (χ1) is 6.64. The summed E-state index contributed by atoms with van der Waals surface area (Å²) in [5.41, 5.74) is 1.24. The van der Waals surface area contributed by atoms with Crippen LogP contribution >= 0.6 is 0 Å². The zero-order chi connectivity index (χ0) is 9.81. The smallest absolute Gasteiger partial charge is 0.0569 e. The molecule has 0 aromatic rings. The van der Waals surface area contributed by atoms with Crippen LogP contribution in [0.3, 0.4) is 0 Å². The molecule has 2 saturated heterocycles. The minimum absolute atomic E-state index is 0.604. The van der Waals surface area contributed by atoms with E-state index in [1.165, 1.54) is 32.4 Å². The van der Waals surface area contributed by atoms with E-state index in [4.69, 9.17) is 4.74 Å². The SMILES string of the molecule is CC(C)CC1(N2CC3(COC3)C2)CC1. The molecule has 1 aliphatic carbocycles. The predicted octanol–water partition coefficient (Wildman–Crippen LogP) is 1.90. The van der Waals surface area contributed by atoms with Gasteiger partial charge in [0, 0.05) is 24.0 Å². The first kappa shape index (κ1) is 9.17. The summed E-state index contributed by atoms with van der Waals surface area (Å²) in [4.78, 5) is 2.73. The third-order valence-electron chi connectivity index (χ3n) is 4.16. The summed E-state index contributed by atoms with van der Waals surface area (Å²) in [6.07, 6.45) is 4.30. The maximum Gasteiger partial charge on any atom is 0.0569 e. The van der Waals surface area contributed by atoms with Crippen molar-refractivity contribution in [3.63, 3.8) is 0 Å². The average Bonchev–Trinajstić information content (AvgIpc) is 2.60. The second-order valence-electron chi connectivity index (χ2n) is 6.17. The third-order valence-corrected chi connectivity index (χ3v) is 4.16. The molecule has 0 aromatic heterocycles. The Balaban J connectivity index is 1.57. The fourth-order valence-electron chi connectivity index (χ4n) is 3.23. The fraction of sp³-hybridized carbons (Fsp3) is 1.00. The Morgan fingerprint density at radius 1 is 1.21 bits per heavy atom. The number of rotatable bonds is 3. The van der Waals surface area contributed by atoms with Crippen LogP contribution in [0.1, 0.15) is 33.1 Å². The van der Waals surface area contributed by atoms with Gasteiger partial charge in [-0.3, -0.25) is 4.90 Å². The molecule has 0 aromatic carbocycles. The molecule has 3 rings (SSSR count). The van der Waals surface area contributed by atoms with Crippen LogP contribution in [0.5, 0.6) is 0 Å². The molecule has 0 bridgehead atoms. The number of nitrogens with zero attached hydrogens (tertiary/aromatic N) is 1. The molecule has 2 aliphatic heterocycles. The van der Waals surface area contributed by atoms with Gasteiger partial charge in [-0.15, -0.1) is 0 Å². The largest absolute Gasteiger partial charge is 0.380 e. The molecule has 2 heteroatoms. The molecule has 0 radical (unpaired) electrons. The van der Waals surface area contributed by atoms with Crippen molar-refractivity contribution in [2.24, 2.45) is 11.3 Å². The summed E-state index contributed by atoms with van der Waals surface area (Å²) in [6, 6.07) is 0. The van der Waals surface area contributed by atoms with Gasteiger partial charge in [0.15, 0.2) is 0 Å². The summed E-state index contributed by atoms with van der Waals surface area (Å²) < 4.78 is 5.32. The lowest BCUT2D eigenvalue weighted by Crippen LogP contribution is -2.68. The Kier molecular flexibility index (Phi) is 1.79. The molecule has 0 amide bonds. The molecule has 1 saturated carbocycles. The highest BCUT2D eigenvalue weighted by Gasteiger charge is 2.59. The second-order valence-corrected chi connectivity index (χ2v) is 6.17. The lowest BCUT2D eigenvalue weighted by atomic mass is 9.76. The van der Waals surface area contributed by atoms with Gasteiger partial charge in [0.1, 0.15) is 0 Å². The Labute approximate surface area is 86.6 Å². The molecular weight excluding hydrogens is 174 g/mol. The van der Waals surface area contributed by atoms with E-state index in [9.17, 15) is 0 Å². The molecule has 0 N–H and O–H groups in total. The zero-order valence-electron chi connectivity index (χ0n) is 9.38. The first-order valence-electron chi connectivity index (χ1n) is 5.97. The van der Waals surface area contributed by atoms with Gasteiger partial charge in [0.2, 0.25) is 0 Å². The van der Waals surface area contributed by atoms with Gasteiger partial charge in [0.05, 0.1) is 13.2 Å². The topological polar surface area (TPSA) is 12.5 Å². The van der Waals surface area contributed by atoms with Crippen molar-refractivity contribution in [3.05, 3.63) is 0 Å². The molecule has 80 valence electrons. The van der Waals surface area contributed by atoms with E-state index < -0.39 is 0 Å². The lowest BCUT2D eigenvalue weighted by Gasteiger charge is -2.58. The minimum Gasteiger partial charge on any atom is -0.380 e. The number of ether oxygens (including phenoxy) is 1. The molecule has 0 atom stereocenters. The number of hydrogen-bond donors (Lipinski definition) is 0. The van der Waals surface area contributed by atoms with Crippen LogP contribution in [0.4, 0.5) is 0 Å². The standard InChI is InChI=1S/C12H21NO/c1-10(2)5-12(3-4-12)13-6-11(7-13)8-14-9-11/h10H,3-9H2,1-2H3. The van der Waals surface area contributed by atoms with Crippen LogP contribution in [-0.4, -0.2) is 36.7 Å². The Hall–Kier alpha value is -0.0800. The molecule has 0 unspecified atom stereocenters. The maximum atomic E-state index is 5.32. The third kappa shape index (κ3) is 1.24. The Bertz CT molecular complexity index is 233. The van der Waals surface area contributed by atoms with E-state index in [2.05, 4.69) is 18.7 Å². The van der Waals surface area contributed by atoms with Crippen LogP contribution in [0.25, 0.3) is 0 Å². The van der Waals surface area contributed by atoms with Gasteiger partial charge in [0.25, 0.3) is 0 Å². The van der Waals surface area contributed by atoms with E-state index in [0.717, 1.165) is 19.1 Å². The maximum absolute atomic E-state index is 5.32. The van der Waals surface area contributed by atoms with Crippen LogP contribution in [-0.2, 0) is 4.74 Å². The minimum atomic E-state index is 0.604. The van der Waals surface area contributed by atoms with Crippen molar-refractivity contribution >= 4 is 0 Å². The molecule has 3 aliphatic rings. The number of hydrogen-bond acceptors (Lipinski definition) is 2. The molecule has 1 spiro atoms. The predicted molar refractivity (Wildman–Crippen MR) is 56.2 cm³/mol. The van der Waals surface area contributed by atoms with Gasteiger partial charge in [-0.1, -0.05) is 13.8 Å². The monoisotopic (exact) mass is 195 g/mol. The van der Waals surface area contributed by atoms with E-state index >= 15 is 0 Å². The van der Waals surface area contributed by atoms with Gasteiger partial charge >= 0.3 is 0 Å². The highest BCUT2D eigenvalue weighted by molar-refractivity contribution is 5.12. The molecule has 3 fully saturated rings. The zero-order valence-corrected chi connectivity index (χ0v) is 9.38. The van der Waals surface area contributed by atoms with E-state index in [1.807, 2.05) is 0 Å². The highest BCUT2D eigenvalue weighted by atomic mass is 16.5. The number of likely N-dealkylation sites (tertiary alicyclic amines) is 1.